The molecule has 0 aromatic heterocycles. The molecule has 0 aliphatic heterocycles. The predicted molar refractivity (Wildman–Crippen MR) is 73.7 cm³/mol. The van der Waals surface area contributed by atoms with Gasteiger partial charge >= 0.3 is 0 Å². The van der Waals surface area contributed by atoms with Gasteiger partial charge in [0.15, 0.2) is 9.84 Å². The topological polar surface area (TPSA) is 66.4 Å². The summed E-state index contributed by atoms with van der Waals surface area (Å²) in [5, 5.41) is 13.0. The molecule has 18 heavy (non-hydrogen) atoms. The van der Waals surface area contributed by atoms with Crippen molar-refractivity contribution in [2.75, 3.05) is 11.6 Å². The van der Waals surface area contributed by atoms with Gasteiger partial charge in [-0.2, -0.15) is 0 Å². The third-order valence-electron chi connectivity index (χ3n) is 3.07. The minimum Gasteiger partial charge on any atom is -0.388 e. The molecule has 5 heteroatoms. The molecule has 1 atom stereocenters. The second kappa shape index (κ2) is 4.90. The van der Waals surface area contributed by atoms with Crippen LogP contribution in [0.1, 0.15) is 26.3 Å². The number of anilines is 1. The fourth-order valence-electron chi connectivity index (χ4n) is 1.40. The first-order valence-electron chi connectivity index (χ1n) is 5.81. The molecule has 0 spiro atoms. The highest BCUT2D eigenvalue weighted by Gasteiger charge is 2.22. The van der Waals surface area contributed by atoms with Crippen LogP contribution in [0.5, 0.6) is 0 Å². The van der Waals surface area contributed by atoms with E-state index in [4.69, 9.17) is 0 Å². The van der Waals surface area contributed by atoms with Crippen LogP contribution in [0.2, 0.25) is 0 Å². The Balaban J connectivity index is 3.10. The molecule has 1 rings (SSSR count). The Kier molecular flexibility index (Phi) is 4.08. The molecule has 0 amide bonds. The van der Waals surface area contributed by atoms with E-state index in [2.05, 4.69) is 5.32 Å². The highest BCUT2D eigenvalue weighted by molar-refractivity contribution is 7.90. The molecule has 0 heterocycles. The Bertz CT molecular complexity index is 530. The third kappa shape index (κ3) is 3.71. The lowest BCUT2D eigenvalue weighted by atomic mass is 10.00. The average Bonchev–Trinajstić information content (AvgIpc) is 2.18. The highest BCUT2D eigenvalue weighted by Crippen LogP contribution is 2.23. The quantitative estimate of drug-likeness (QED) is 0.878. The van der Waals surface area contributed by atoms with Gasteiger partial charge in [0.25, 0.3) is 0 Å². The molecular formula is C13H21NO3S. The van der Waals surface area contributed by atoms with E-state index in [0.29, 0.717) is 0 Å². The molecule has 1 aromatic carbocycles. The van der Waals surface area contributed by atoms with Crippen LogP contribution < -0.4 is 5.32 Å². The minimum atomic E-state index is -3.22. The molecule has 102 valence electrons. The number of aryl methyl sites for hydroxylation is 1. The van der Waals surface area contributed by atoms with Gasteiger partial charge in [-0.05, 0) is 45.4 Å². The summed E-state index contributed by atoms with van der Waals surface area (Å²) in [6, 6.07) is 4.76. The normalized spacial score (nSPS) is 14.3. The van der Waals surface area contributed by atoms with Crippen LogP contribution in [0.15, 0.2) is 23.1 Å². The number of benzene rings is 1. The van der Waals surface area contributed by atoms with Gasteiger partial charge in [0.1, 0.15) is 0 Å². The Morgan fingerprint density at radius 1 is 1.33 bits per heavy atom. The second-order valence-electron chi connectivity index (χ2n) is 5.27. The smallest absolute Gasteiger partial charge is 0.175 e. The zero-order valence-corrected chi connectivity index (χ0v) is 12.3. The van der Waals surface area contributed by atoms with Crippen LogP contribution in [-0.4, -0.2) is 31.4 Å². The Morgan fingerprint density at radius 2 is 1.89 bits per heavy atom. The molecule has 0 saturated heterocycles. The monoisotopic (exact) mass is 271 g/mol. The zero-order valence-electron chi connectivity index (χ0n) is 11.5. The first kappa shape index (κ1) is 15.0. The van der Waals surface area contributed by atoms with Crippen LogP contribution in [-0.2, 0) is 9.84 Å². The van der Waals surface area contributed by atoms with E-state index in [0.717, 1.165) is 11.3 Å². The summed E-state index contributed by atoms with van der Waals surface area (Å²) >= 11 is 0. The highest BCUT2D eigenvalue weighted by atomic mass is 32.2. The van der Waals surface area contributed by atoms with E-state index in [1.54, 1.807) is 32.0 Å². The van der Waals surface area contributed by atoms with Crippen LogP contribution >= 0.6 is 0 Å². The molecule has 0 fully saturated rings. The maximum atomic E-state index is 11.5. The Morgan fingerprint density at radius 3 is 2.33 bits per heavy atom. The lowest BCUT2D eigenvalue weighted by Gasteiger charge is -2.28. The van der Waals surface area contributed by atoms with Gasteiger partial charge in [0.2, 0.25) is 0 Å². The van der Waals surface area contributed by atoms with Crippen molar-refractivity contribution in [3.05, 3.63) is 23.8 Å². The van der Waals surface area contributed by atoms with Crippen molar-refractivity contribution in [3.8, 4) is 0 Å². The van der Waals surface area contributed by atoms with Crippen LogP contribution in [0, 0.1) is 6.92 Å². The second-order valence-corrected chi connectivity index (χ2v) is 7.28. The molecular weight excluding hydrogens is 250 g/mol. The number of sulfone groups is 1. The van der Waals surface area contributed by atoms with Crippen molar-refractivity contribution < 1.29 is 13.5 Å². The third-order valence-corrected chi connectivity index (χ3v) is 4.18. The number of nitrogens with one attached hydrogen (secondary N) is 1. The van der Waals surface area contributed by atoms with Gasteiger partial charge in [-0.15, -0.1) is 0 Å². The summed E-state index contributed by atoms with van der Waals surface area (Å²) < 4.78 is 23.0. The SMILES string of the molecule is Cc1ccc(S(C)(=O)=O)cc1NC(C)C(C)(C)O. The zero-order chi connectivity index (χ0) is 14.1. The van der Waals surface area contributed by atoms with Gasteiger partial charge < -0.3 is 10.4 Å². The van der Waals surface area contributed by atoms with Gasteiger partial charge in [-0.1, -0.05) is 6.07 Å². The van der Waals surface area contributed by atoms with E-state index < -0.39 is 15.4 Å². The summed E-state index contributed by atoms with van der Waals surface area (Å²) in [6.07, 6.45) is 1.18. The van der Waals surface area contributed by atoms with E-state index >= 15 is 0 Å². The minimum absolute atomic E-state index is 0.189. The lowest BCUT2D eigenvalue weighted by molar-refractivity contribution is 0.0649. The molecule has 0 aliphatic rings. The summed E-state index contributed by atoms with van der Waals surface area (Å²) in [6.45, 7) is 7.17. The van der Waals surface area contributed by atoms with Crippen LogP contribution in [0.3, 0.4) is 0 Å². The average molecular weight is 271 g/mol. The van der Waals surface area contributed by atoms with Gasteiger partial charge in [0, 0.05) is 11.9 Å². The van der Waals surface area contributed by atoms with E-state index in [1.165, 1.54) is 6.26 Å². The van der Waals surface area contributed by atoms with Crippen LogP contribution in [0.25, 0.3) is 0 Å². The summed E-state index contributed by atoms with van der Waals surface area (Å²) in [5.74, 6) is 0. The first-order chi connectivity index (χ1) is 8.01. The Labute approximate surface area is 109 Å². The molecule has 2 N–H and O–H groups in total. The predicted octanol–water partition coefficient (Wildman–Crippen LogP) is 1.97. The molecule has 0 bridgehead atoms. The fourth-order valence-corrected chi connectivity index (χ4v) is 2.04. The van der Waals surface area contributed by atoms with Crippen molar-refractivity contribution in [1.29, 1.82) is 0 Å². The van der Waals surface area contributed by atoms with Gasteiger partial charge in [0.05, 0.1) is 16.5 Å². The van der Waals surface area contributed by atoms with Crippen molar-refractivity contribution in [1.82, 2.24) is 0 Å². The summed E-state index contributed by atoms with van der Waals surface area (Å²) in [5.41, 5.74) is 0.791. The van der Waals surface area contributed by atoms with Crippen molar-refractivity contribution >= 4 is 15.5 Å². The van der Waals surface area contributed by atoms with Crippen LogP contribution in [0.4, 0.5) is 5.69 Å². The molecule has 0 radical (unpaired) electrons. The van der Waals surface area contributed by atoms with E-state index in [-0.39, 0.29) is 10.9 Å². The molecule has 1 aromatic rings. The standard InChI is InChI=1S/C13H21NO3S/c1-9-6-7-11(18(5,16)17)8-12(9)14-10(2)13(3,4)15/h6-8,10,14-15H,1-5H3. The molecule has 4 nitrogen and oxygen atoms in total. The molecule has 0 aliphatic carbocycles. The number of rotatable bonds is 4. The molecule has 0 saturated carbocycles. The number of hydrogen-bond acceptors (Lipinski definition) is 4. The van der Waals surface area contributed by atoms with E-state index in [9.17, 15) is 13.5 Å². The van der Waals surface area contributed by atoms with Crippen molar-refractivity contribution in [2.24, 2.45) is 0 Å². The number of hydrogen-bond donors (Lipinski definition) is 2. The van der Waals surface area contributed by atoms with E-state index in [1.807, 2.05) is 13.8 Å². The van der Waals surface area contributed by atoms with Crippen molar-refractivity contribution in [2.45, 2.75) is 44.2 Å². The fraction of sp³-hybridized carbons (Fsp3) is 0.538. The first-order valence-corrected chi connectivity index (χ1v) is 7.70. The van der Waals surface area contributed by atoms with Crippen molar-refractivity contribution in [3.63, 3.8) is 0 Å². The molecule has 1 unspecified atom stereocenters. The maximum absolute atomic E-state index is 11.5. The summed E-state index contributed by atoms with van der Waals surface area (Å²) in [4.78, 5) is 0.276. The van der Waals surface area contributed by atoms with Gasteiger partial charge in [-0.3, -0.25) is 0 Å². The largest absolute Gasteiger partial charge is 0.388 e. The summed E-state index contributed by atoms with van der Waals surface area (Å²) in [7, 11) is -3.22. The maximum Gasteiger partial charge on any atom is 0.175 e. The number of aliphatic hydroxyl groups is 1. The lowest BCUT2D eigenvalue weighted by Crippen LogP contribution is -2.39. The Hall–Kier alpha value is -1.07. The van der Waals surface area contributed by atoms with Gasteiger partial charge in [-0.25, -0.2) is 8.42 Å².